The van der Waals surface area contributed by atoms with Crippen LogP contribution in [0.5, 0.6) is 0 Å². The molecule has 0 aromatic carbocycles. The molecule has 3 heteroatoms. The maximum absolute atomic E-state index is 9.78. The van der Waals surface area contributed by atoms with E-state index in [1.807, 2.05) is 0 Å². The summed E-state index contributed by atoms with van der Waals surface area (Å²) in [6, 6.07) is 3.41. The van der Waals surface area contributed by atoms with E-state index in [1.165, 1.54) is 32.1 Å². The van der Waals surface area contributed by atoms with Crippen LogP contribution in [-0.4, -0.2) is 5.11 Å². The first kappa shape index (κ1) is 13.6. The summed E-state index contributed by atoms with van der Waals surface area (Å²) in [5.41, 5.74) is 0. The molecule has 0 radical (unpaired) electrons. The second-order valence-corrected chi connectivity index (χ2v) is 4.59. The molecule has 0 spiro atoms. The van der Waals surface area contributed by atoms with Crippen molar-refractivity contribution in [3.8, 4) is 0 Å². The van der Waals surface area contributed by atoms with Gasteiger partial charge in [0.2, 0.25) is 0 Å². The molecule has 1 N–H and O–H groups in total. The molecule has 2 nitrogen and oxygen atoms in total. The average Bonchev–Trinajstić information content (AvgIpc) is 2.70. The van der Waals surface area contributed by atoms with Gasteiger partial charge in [-0.3, -0.25) is 0 Å². The summed E-state index contributed by atoms with van der Waals surface area (Å²) >= 11 is 5.65. The Morgan fingerprint density at radius 1 is 1.19 bits per heavy atom. The van der Waals surface area contributed by atoms with Crippen LogP contribution in [0.3, 0.4) is 0 Å². The van der Waals surface area contributed by atoms with E-state index < -0.39 is 6.10 Å². The largest absolute Gasteiger partial charge is 0.447 e. The molecular weight excluding hydrogens is 224 g/mol. The standard InChI is InChI=1S/C13H21ClO2/c1-2-3-4-5-6-7-8-11(15)12-9-10-13(14)16-12/h9-11,15H,2-8H2,1H3. The number of halogens is 1. The highest BCUT2D eigenvalue weighted by Gasteiger charge is 2.11. The normalized spacial score (nSPS) is 12.9. The monoisotopic (exact) mass is 244 g/mol. The van der Waals surface area contributed by atoms with E-state index in [9.17, 15) is 5.11 Å². The van der Waals surface area contributed by atoms with Crippen LogP contribution in [-0.2, 0) is 0 Å². The van der Waals surface area contributed by atoms with Crippen LogP contribution in [0.4, 0.5) is 0 Å². The van der Waals surface area contributed by atoms with Crippen LogP contribution in [0.15, 0.2) is 16.5 Å². The van der Waals surface area contributed by atoms with Gasteiger partial charge in [0.05, 0.1) is 0 Å². The van der Waals surface area contributed by atoms with Gasteiger partial charge in [-0.1, -0.05) is 45.4 Å². The third-order valence-corrected chi connectivity index (χ3v) is 2.96. The van der Waals surface area contributed by atoms with Crippen LogP contribution in [0, 0.1) is 0 Å². The lowest BCUT2D eigenvalue weighted by atomic mass is 10.1. The Labute approximate surface area is 103 Å². The van der Waals surface area contributed by atoms with Crippen molar-refractivity contribution < 1.29 is 9.52 Å². The second-order valence-electron chi connectivity index (χ2n) is 4.21. The van der Waals surface area contributed by atoms with E-state index in [2.05, 4.69) is 6.92 Å². The summed E-state index contributed by atoms with van der Waals surface area (Å²) in [5.74, 6) is 0.582. The number of aliphatic hydroxyl groups excluding tert-OH is 1. The molecule has 92 valence electrons. The molecule has 0 amide bonds. The van der Waals surface area contributed by atoms with Crippen molar-refractivity contribution in [1.29, 1.82) is 0 Å². The predicted molar refractivity (Wildman–Crippen MR) is 66.7 cm³/mol. The smallest absolute Gasteiger partial charge is 0.193 e. The van der Waals surface area contributed by atoms with E-state index in [-0.39, 0.29) is 0 Å². The van der Waals surface area contributed by atoms with Crippen molar-refractivity contribution in [1.82, 2.24) is 0 Å². The lowest BCUT2D eigenvalue weighted by molar-refractivity contribution is 0.137. The Balaban J connectivity index is 2.09. The fraction of sp³-hybridized carbons (Fsp3) is 0.692. The fourth-order valence-corrected chi connectivity index (χ4v) is 1.92. The van der Waals surface area contributed by atoms with Crippen molar-refractivity contribution in [2.75, 3.05) is 0 Å². The third-order valence-electron chi connectivity index (χ3n) is 2.75. The van der Waals surface area contributed by atoms with Gasteiger partial charge in [0.15, 0.2) is 5.22 Å². The minimum Gasteiger partial charge on any atom is -0.447 e. The Kier molecular flexibility index (Phi) is 6.58. The molecule has 0 aliphatic heterocycles. The van der Waals surface area contributed by atoms with Crippen molar-refractivity contribution in [2.24, 2.45) is 0 Å². The Hall–Kier alpha value is -0.470. The van der Waals surface area contributed by atoms with Crippen LogP contribution in [0.2, 0.25) is 5.22 Å². The minimum absolute atomic E-state index is 0.344. The number of hydrogen-bond donors (Lipinski definition) is 1. The Morgan fingerprint density at radius 3 is 2.50 bits per heavy atom. The number of rotatable bonds is 8. The molecule has 1 rings (SSSR count). The zero-order valence-electron chi connectivity index (χ0n) is 9.92. The molecule has 16 heavy (non-hydrogen) atoms. The van der Waals surface area contributed by atoms with Crippen molar-refractivity contribution in [2.45, 2.75) is 58.0 Å². The molecule has 1 atom stereocenters. The van der Waals surface area contributed by atoms with Crippen LogP contribution in [0.1, 0.15) is 63.7 Å². The zero-order valence-corrected chi connectivity index (χ0v) is 10.7. The molecule has 0 saturated heterocycles. The summed E-state index contributed by atoms with van der Waals surface area (Å²) < 4.78 is 5.16. The highest BCUT2D eigenvalue weighted by atomic mass is 35.5. The topological polar surface area (TPSA) is 33.4 Å². The molecule has 0 saturated carbocycles. The molecule has 0 aliphatic rings. The van der Waals surface area contributed by atoms with Gasteiger partial charge in [-0.25, -0.2) is 0 Å². The highest BCUT2D eigenvalue weighted by Crippen LogP contribution is 2.24. The number of furan rings is 1. The fourth-order valence-electron chi connectivity index (χ4n) is 1.77. The average molecular weight is 245 g/mol. The van der Waals surface area contributed by atoms with Gasteiger partial charge in [-0.05, 0) is 30.2 Å². The summed E-state index contributed by atoms with van der Waals surface area (Å²) in [5, 5.41) is 10.1. The molecule has 0 bridgehead atoms. The summed E-state index contributed by atoms with van der Waals surface area (Å²) in [6.45, 7) is 2.21. The summed E-state index contributed by atoms with van der Waals surface area (Å²) in [4.78, 5) is 0. The highest BCUT2D eigenvalue weighted by molar-refractivity contribution is 6.28. The van der Waals surface area contributed by atoms with E-state index >= 15 is 0 Å². The van der Waals surface area contributed by atoms with Gasteiger partial charge in [-0.2, -0.15) is 0 Å². The van der Waals surface area contributed by atoms with Gasteiger partial charge in [-0.15, -0.1) is 0 Å². The predicted octanol–water partition coefficient (Wildman–Crippen LogP) is 4.72. The molecule has 1 aromatic heterocycles. The molecule has 0 aliphatic carbocycles. The van der Waals surface area contributed by atoms with Gasteiger partial charge in [0, 0.05) is 0 Å². The van der Waals surface area contributed by atoms with Gasteiger partial charge >= 0.3 is 0 Å². The molecular formula is C13H21ClO2. The Bertz CT molecular complexity index is 283. The molecule has 1 unspecified atom stereocenters. The van der Waals surface area contributed by atoms with Crippen LogP contribution < -0.4 is 0 Å². The first-order valence-electron chi connectivity index (χ1n) is 6.17. The van der Waals surface area contributed by atoms with Gasteiger partial charge < -0.3 is 9.52 Å². The summed E-state index contributed by atoms with van der Waals surface area (Å²) in [6.07, 6.45) is 7.64. The van der Waals surface area contributed by atoms with Crippen molar-refractivity contribution >= 4 is 11.6 Å². The first-order valence-corrected chi connectivity index (χ1v) is 6.55. The van der Waals surface area contributed by atoms with Crippen molar-refractivity contribution in [3.63, 3.8) is 0 Å². The lowest BCUT2D eigenvalue weighted by Gasteiger charge is -2.07. The minimum atomic E-state index is -0.501. The van der Waals surface area contributed by atoms with E-state index in [0.717, 1.165) is 12.8 Å². The molecule has 1 aromatic rings. The van der Waals surface area contributed by atoms with E-state index in [4.69, 9.17) is 16.0 Å². The van der Waals surface area contributed by atoms with E-state index in [1.54, 1.807) is 12.1 Å². The van der Waals surface area contributed by atoms with Crippen molar-refractivity contribution in [3.05, 3.63) is 23.1 Å². The van der Waals surface area contributed by atoms with Gasteiger partial charge in [0.1, 0.15) is 11.9 Å². The number of hydrogen-bond acceptors (Lipinski definition) is 2. The lowest BCUT2D eigenvalue weighted by Crippen LogP contribution is -1.95. The van der Waals surface area contributed by atoms with Crippen LogP contribution >= 0.6 is 11.6 Å². The van der Waals surface area contributed by atoms with Crippen LogP contribution in [0.25, 0.3) is 0 Å². The SMILES string of the molecule is CCCCCCCCC(O)c1ccc(Cl)o1. The Morgan fingerprint density at radius 2 is 1.88 bits per heavy atom. The number of unbranched alkanes of at least 4 members (excludes halogenated alkanes) is 5. The third kappa shape index (κ3) is 5.04. The van der Waals surface area contributed by atoms with E-state index in [0.29, 0.717) is 11.0 Å². The molecule has 0 fully saturated rings. The zero-order chi connectivity index (χ0) is 11.8. The second kappa shape index (κ2) is 7.75. The maximum atomic E-state index is 9.78. The van der Waals surface area contributed by atoms with Gasteiger partial charge in [0.25, 0.3) is 0 Å². The first-order chi connectivity index (χ1) is 7.74. The quantitative estimate of drug-likeness (QED) is 0.672. The maximum Gasteiger partial charge on any atom is 0.193 e. The summed E-state index contributed by atoms with van der Waals surface area (Å²) in [7, 11) is 0. The number of aliphatic hydroxyl groups is 1. The molecule has 1 heterocycles.